The molecule has 10 heteroatoms. The lowest BCUT2D eigenvalue weighted by atomic mass is 10.1. The van der Waals surface area contributed by atoms with Crippen LogP contribution in [0.25, 0.3) is 17.0 Å². The Morgan fingerprint density at radius 1 is 1.22 bits per heavy atom. The third-order valence-corrected chi connectivity index (χ3v) is 4.99. The van der Waals surface area contributed by atoms with E-state index in [9.17, 15) is 0 Å². The fraction of sp³-hybridized carbons (Fsp3) is 0.412. The smallest absolute Gasteiger partial charge is 0.200 e. The summed E-state index contributed by atoms with van der Waals surface area (Å²) in [5.74, 6) is 1.79. The number of aryl methyl sites for hydroxylation is 2. The van der Waals surface area contributed by atoms with Crippen LogP contribution in [0.3, 0.4) is 0 Å². The topological polar surface area (TPSA) is 94.8 Å². The molecule has 0 N–H and O–H groups in total. The highest BCUT2D eigenvalue weighted by Gasteiger charge is 2.29. The zero-order valence-corrected chi connectivity index (χ0v) is 15.5. The molecule has 0 fully saturated rings. The minimum Gasteiger partial charge on any atom is -0.359 e. The first kappa shape index (κ1) is 15.9. The van der Waals surface area contributed by atoms with Gasteiger partial charge in [-0.05, 0) is 19.4 Å². The molecule has 0 aromatic carbocycles. The quantitative estimate of drug-likeness (QED) is 0.540. The van der Waals surface area contributed by atoms with Crippen molar-refractivity contribution in [3.05, 3.63) is 36.3 Å². The summed E-state index contributed by atoms with van der Waals surface area (Å²) in [5, 5.41) is 26.0. The van der Waals surface area contributed by atoms with Crippen molar-refractivity contribution in [3.63, 3.8) is 0 Å². The molecular weight excluding hydrogens is 344 g/mol. The summed E-state index contributed by atoms with van der Waals surface area (Å²) < 4.78 is 5.73. The molecular formula is C17H20N10. The molecule has 0 saturated heterocycles. The van der Waals surface area contributed by atoms with Crippen LogP contribution in [0.5, 0.6) is 0 Å². The SMILES string of the molecule is CCc1cc(N2Cc3nnc(-c4cnn(C)c4)n3[C@@H](C)C2)c2nncn2n1. The Morgan fingerprint density at radius 2 is 2.11 bits per heavy atom. The van der Waals surface area contributed by atoms with Crippen molar-refractivity contribution in [2.45, 2.75) is 32.9 Å². The van der Waals surface area contributed by atoms with Gasteiger partial charge in [0, 0.05) is 19.8 Å². The molecule has 1 aliphatic rings. The summed E-state index contributed by atoms with van der Waals surface area (Å²) in [6.45, 7) is 5.76. The standard InChI is InChI=1S/C17H20N10/c1-4-13-5-14(17-21-18-10-26(17)23-13)25-7-11(2)27-15(9-25)20-22-16(27)12-6-19-24(3)8-12/h5-6,8,10-11H,4,7,9H2,1-3H3/t11-/m0/s1. The van der Waals surface area contributed by atoms with E-state index in [2.05, 4.69) is 60.0 Å². The second-order valence-corrected chi connectivity index (χ2v) is 6.92. The molecule has 0 amide bonds. The summed E-state index contributed by atoms with van der Waals surface area (Å²) in [4.78, 5) is 2.28. The van der Waals surface area contributed by atoms with Crippen molar-refractivity contribution in [2.24, 2.45) is 7.05 Å². The lowest BCUT2D eigenvalue weighted by Crippen LogP contribution is -2.37. The second kappa shape index (κ2) is 5.86. The minimum atomic E-state index is 0.208. The molecule has 0 spiro atoms. The van der Waals surface area contributed by atoms with Crippen molar-refractivity contribution < 1.29 is 0 Å². The Labute approximate surface area is 155 Å². The van der Waals surface area contributed by atoms with E-state index in [1.165, 1.54) is 0 Å². The Balaban J connectivity index is 1.56. The van der Waals surface area contributed by atoms with Gasteiger partial charge in [0.05, 0.1) is 35.7 Å². The highest BCUT2D eigenvalue weighted by atomic mass is 15.4. The molecule has 4 aromatic heterocycles. The maximum absolute atomic E-state index is 4.54. The minimum absolute atomic E-state index is 0.208. The summed E-state index contributed by atoms with van der Waals surface area (Å²) in [5.41, 5.74) is 3.78. The highest BCUT2D eigenvalue weighted by Crippen LogP contribution is 2.31. The third kappa shape index (κ3) is 2.47. The van der Waals surface area contributed by atoms with Crippen LogP contribution in [-0.2, 0) is 20.0 Å². The van der Waals surface area contributed by atoms with Crippen LogP contribution in [0.15, 0.2) is 24.8 Å². The van der Waals surface area contributed by atoms with Crippen molar-refractivity contribution >= 4 is 11.3 Å². The molecule has 0 bridgehead atoms. The number of nitrogens with zero attached hydrogens (tertiary/aromatic N) is 10. The van der Waals surface area contributed by atoms with Crippen LogP contribution in [0.2, 0.25) is 0 Å². The van der Waals surface area contributed by atoms with Gasteiger partial charge in [0.2, 0.25) is 5.65 Å². The van der Waals surface area contributed by atoms with Crippen LogP contribution >= 0.6 is 0 Å². The van der Waals surface area contributed by atoms with E-state index in [0.717, 1.165) is 47.2 Å². The lowest BCUT2D eigenvalue weighted by Gasteiger charge is -2.34. The zero-order chi connectivity index (χ0) is 18.5. The summed E-state index contributed by atoms with van der Waals surface area (Å²) >= 11 is 0. The molecule has 0 saturated carbocycles. The van der Waals surface area contributed by atoms with Crippen LogP contribution < -0.4 is 4.90 Å². The first-order chi connectivity index (χ1) is 13.1. The molecule has 5 rings (SSSR count). The normalized spacial score (nSPS) is 16.9. The largest absolute Gasteiger partial charge is 0.359 e. The Morgan fingerprint density at radius 3 is 2.89 bits per heavy atom. The van der Waals surface area contributed by atoms with E-state index in [1.807, 2.05) is 19.4 Å². The van der Waals surface area contributed by atoms with Gasteiger partial charge in [-0.15, -0.1) is 20.4 Å². The Hall–Kier alpha value is -3.30. The van der Waals surface area contributed by atoms with Gasteiger partial charge < -0.3 is 9.47 Å². The van der Waals surface area contributed by atoms with Crippen molar-refractivity contribution in [1.29, 1.82) is 0 Å². The van der Waals surface area contributed by atoms with E-state index >= 15 is 0 Å². The van der Waals surface area contributed by atoms with E-state index in [1.54, 1.807) is 15.5 Å². The molecule has 10 nitrogen and oxygen atoms in total. The van der Waals surface area contributed by atoms with Crippen molar-refractivity contribution in [3.8, 4) is 11.4 Å². The molecule has 27 heavy (non-hydrogen) atoms. The first-order valence-corrected chi connectivity index (χ1v) is 9.01. The highest BCUT2D eigenvalue weighted by molar-refractivity contribution is 5.68. The van der Waals surface area contributed by atoms with E-state index in [4.69, 9.17) is 0 Å². The van der Waals surface area contributed by atoms with Crippen molar-refractivity contribution in [2.75, 3.05) is 11.4 Å². The molecule has 4 aromatic rings. The summed E-state index contributed by atoms with van der Waals surface area (Å²) in [6.07, 6.45) is 6.29. The first-order valence-electron chi connectivity index (χ1n) is 9.01. The lowest BCUT2D eigenvalue weighted by molar-refractivity contribution is 0.467. The van der Waals surface area contributed by atoms with Crippen LogP contribution in [0.1, 0.15) is 31.4 Å². The van der Waals surface area contributed by atoms with Gasteiger partial charge in [0.25, 0.3) is 0 Å². The van der Waals surface area contributed by atoms with Crippen LogP contribution in [0, 0.1) is 0 Å². The maximum Gasteiger partial charge on any atom is 0.200 e. The summed E-state index contributed by atoms with van der Waals surface area (Å²) in [7, 11) is 1.90. The fourth-order valence-electron chi connectivity index (χ4n) is 3.71. The van der Waals surface area contributed by atoms with Gasteiger partial charge in [-0.25, -0.2) is 0 Å². The van der Waals surface area contributed by atoms with Gasteiger partial charge in [-0.2, -0.15) is 14.7 Å². The van der Waals surface area contributed by atoms with E-state index < -0.39 is 0 Å². The molecule has 1 atom stereocenters. The monoisotopic (exact) mass is 364 g/mol. The molecule has 0 radical (unpaired) electrons. The number of hydrogen-bond donors (Lipinski definition) is 0. The third-order valence-electron chi connectivity index (χ3n) is 4.99. The maximum atomic E-state index is 4.54. The van der Waals surface area contributed by atoms with Gasteiger partial charge in [0.1, 0.15) is 6.33 Å². The fourth-order valence-corrected chi connectivity index (χ4v) is 3.71. The van der Waals surface area contributed by atoms with Crippen LogP contribution in [0.4, 0.5) is 5.69 Å². The zero-order valence-electron chi connectivity index (χ0n) is 15.5. The molecule has 5 heterocycles. The van der Waals surface area contributed by atoms with Gasteiger partial charge >= 0.3 is 0 Å². The number of aromatic nitrogens is 9. The predicted molar refractivity (Wildman–Crippen MR) is 98.1 cm³/mol. The molecule has 138 valence electrons. The average Bonchev–Trinajstić information content (AvgIpc) is 3.39. The summed E-state index contributed by atoms with van der Waals surface area (Å²) in [6, 6.07) is 2.31. The number of rotatable bonds is 3. The van der Waals surface area contributed by atoms with Gasteiger partial charge in [-0.1, -0.05) is 6.92 Å². The second-order valence-electron chi connectivity index (χ2n) is 6.92. The van der Waals surface area contributed by atoms with E-state index in [0.29, 0.717) is 6.54 Å². The molecule has 0 aliphatic carbocycles. The number of anilines is 1. The van der Waals surface area contributed by atoms with E-state index in [-0.39, 0.29) is 6.04 Å². The Kier molecular flexibility index (Phi) is 3.46. The van der Waals surface area contributed by atoms with Crippen LogP contribution in [-0.4, -0.2) is 50.9 Å². The van der Waals surface area contributed by atoms with Crippen molar-refractivity contribution in [1.82, 2.24) is 44.4 Å². The Bertz CT molecular complexity index is 1120. The average molecular weight is 364 g/mol. The number of fused-ring (bicyclic) bond motifs is 2. The van der Waals surface area contributed by atoms with Gasteiger partial charge in [0.15, 0.2) is 11.6 Å². The molecule has 1 aliphatic heterocycles. The number of hydrogen-bond acceptors (Lipinski definition) is 7. The predicted octanol–water partition coefficient (Wildman–Crippen LogP) is 1.26. The van der Waals surface area contributed by atoms with Gasteiger partial charge in [-0.3, -0.25) is 4.68 Å². The molecule has 0 unspecified atom stereocenters.